The number of likely N-dealkylation sites (N-methyl/N-ethyl adjacent to an activating group) is 1. The molecule has 0 amide bonds. The van der Waals surface area contributed by atoms with Crippen LogP contribution in [0.4, 0.5) is 26.3 Å². The van der Waals surface area contributed by atoms with E-state index in [0.717, 1.165) is 22.9 Å². The number of epoxide rings is 1. The number of esters is 1. The number of nitrogens with one attached hydrogen (secondary N) is 1. The molecule has 4 rings (SSSR count). The maximum absolute atomic E-state index is 12.6. The van der Waals surface area contributed by atoms with Crippen molar-refractivity contribution in [2.45, 2.75) is 79.9 Å². The van der Waals surface area contributed by atoms with E-state index < -0.39 is 47.7 Å². The zero-order valence-corrected chi connectivity index (χ0v) is 23.5. The molecule has 3 aliphatic heterocycles. The number of ether oxygens (including phenoxy) is 2. The summed E-state index contributed by atoms with van der Waals surface area (Å²) < 4.78 is 121. The molecule has 3 fully saturated rings. The van der Waals surface area contributed by atoms with Gasteiger partial charge in [0.1, 0.15) is 30.4 Å². The maximum atomic E-state index is 12.6. The van der Waals surface area contributed by atoms with Crippen LogP contribution < -0.4 is 9.23 Å². The van der Waals surface area contributed by atoms with Crippen molar-refractivity contribution >= 4 is 26.0 Å². The van der Waals surface area contributed by atoms with E-state index >= 15 is 0 Å². The summed E-state index contributed by atoms with van der Waals surface area (Å²) in [6, 6.07) is 10.1. The van der Waals surface area contributed by atoms with Crippen molar-refractivity contribution < 1.29 is 67.0 Å². The molecule has 0 saturated carbocycles. The Bertz CT molecular complexity index is 1230. The van der Waals surface area contributed by atoms with Crippen LogP contribution in [0.2, 0.25) is 0 Å². The number of fused-ring (bicyclic) bond motifs is 5. The zero-order valence-electron chi connectivity index (χ0n) is 21.9. The molecule has 1 N–H and O–H groups in total. The molecule has 0 aliphatic carbocycles. The summed E-state index contributed by atoms with van der Waals surface area (Å²) in [6.07, 6.45) is 4.72. The number of hydrogen-bond donors (Lipinski definition) is 1. The summed E-state index contributed by atoms with van der Waals surface area (Å²) in [7, 11) is -10.8. The molecule has 0 radical (unpaired) electrons. The number of piperidine rings is 1. The highest BCUT2D eigenvalue weighted by atomic mass is 32.3. The van der Waals surface area contributed by atoms with Crippen LogP contribution in [0.1, 0.15) is 44.1 Å². The average molecular weight is 641 g/mol. The number of rotatable bonds is 9. The molecule has 10 nitrogen and oxygen atoms in total. The molecule has 41 heavy (non-hydrogen) atoms. The molecule has 0 spiro atoms. The molecular weight excluding hydrogens is 610 g/mol. The monoisotopic (exact) mass is 640 g/mol. The van der Waals surface area contributed by atoms with E-state index in [4.69, 9.17) is 9.47 Å². The van der Waals surface area contributed by atoms with Gasteiger partial charge in [-0.2, -0.15) is 26.3 Å². The van der Waals surface area contributed by atoms with Crippen molar-refractivity contribution in [3.05, 3.63) is 35.9 Å². The molecule has 1 aromatic rings. The summed E-state index contributed by atoms with van der Waals surface area (Å²) in [5.41, 5.74) is -11.5. The van der Waals surface area contributed by atoms with Gasteiger partial charge in [0.2, 0.25) is 0 Å². The fraction of sp³-hybridized carbons (Fsp3) is 0.696. The minimum atomic E-state index is -6.60. The highest BCUT2D eigenvalue weighted by Gasteiger charge is 2.71. The number of unbranched alkanes of at least 4 members (excludes halogenated alkanes) is 1. The molecule has 3 aliphatic rings. The van der Waals surface area contributed by atoms with Crippen LogP contribution in [0.15, 0.2) is 30.3 Å². The first-order chi connectivity index (χ1) is 18.8. The van der Waals surface area contributed by atoms with Crippen LogP contribution in [0.5, 0.6) is 0 Å². The van der Waals surface area contributed by atoms with E-state index in [1.807, 2.05) is 30.3 Å². The van der Waals surface area contributed by atoms with Crippen molar-refractivity contribution in [1.82, 2.24) is 4.13 Å². The van der Waals surface area contributed by atoms with Gasteiger partial charge in [0.25, 0.3) is 0 Å². The van der Waals surface area contributed by atoms with E-state index in [-0.39, 0.29) is 12.1 Å². The van der Waals surface area contributed by atoms with Gasteiger partial charge < -0.3 is 19.1 Å². The molecule has 3 heterocycles. The molecule has 18 heteroatoms. The second kappa shape index (κ2) is 11.9. The first-order valence-corrected chi connectivity index (χ1v) is 15.5. The predicted octanol–water partition coefficient (Wildman–Crippen LogP) is 1.88. The van der Waals surface area contributed by atoms with Crippen molar-refractivity contribution in [2.75, 3.05) is 20.2 Å². The van der Waals surface area contributed by atoms with Gasteiger partial charge in [0.15, 0.2) is 0 Å². The van der Waals surface area contributed by atoms with E-state index in [1.165, 1.54) is 19.4 Å². The number of hydrogen-bond acceptors (Lipinski definition) is 8. The van der Waals surface area contributed by atoms with Crippen LogP contribution in [-0.2, 0) is 34.3 Å². The summed E-state index contributed by atoms with van der Waals surface area (Å²) in [5, 5.41) is 11.6. The normalized spacial score (nSPS) is 30.0. The van der Waals surface area contributed by atoms with Crippen LogP contribution in [0.25, 0.3) is 0 Å². The Morgan fingerprint density at radius 2 is 1.51 bits per heavy atom. The highest BCUT2D eigenvalue weighted by Crippen LogP contribution is 2.53. The molecule has 2 bridgehead atoms. The van der Waals surface area contributed by atoms with Gasteiger partial charge in [-0.05, 0) is 12.0 Å². The average Bonchev–Trinajstić information content (AvgIpc) is 3.61. The fourth-order valence-electron chi connectivity index (χ4n) is 5.46. The van der Waals surface area contributed by atoms with Gasteiger partial charge in [-0.3, -0.25) is 4.79 Å². The molecule has 1 aromatic carbocycles. The number of morpholine rings is 1. The molecule has 5 unspecified atom stereocenters. The number of sulfonamides is 2. The third kappa shape index (κ3) is 7.15. The SMILES string of the molecule is CCCC[N+]1(C)C2CC(OC(=O)C(C[O-])c3ccccc3)CC1[C@@H]1O[C@H]21.O=S(=O)(NS(=O)(=O)C(F)(F)F)C(F)(F)F. The number of halogens is 6. The Balaban J connectivity index is 0.000000266. The summed E-state index contributed by atoms with van der Waals surface area (Å²) in [5.74, 6) is -1.07. The minimum Gasteiger partial charge on any atom is -0.854 e. The number of quaternary nitrogens is 1. The van der Waals surface area contributed by atoms with Crippen molar-refractivity contribution in [1.29, 1.82) is 0 Å². The van der Waals surface area contributed by atoms with Crippen molar-refractivity contribution in [3.8, 4) is 0 Å². The number of nitrogens with zero attached hydrogens (tertiary/aromatic N) is 1. The van der Waals surface area contributed by atoms with Gasteiger partial charge in [0, 0.05) is 12.8 Å². The molecule has 0 aromatic heterocycles. The van der Waals surface area contributed by atoms with E-state index in [2.05, 4.69) is 14.0 Å². The minimum absolute atomic E-state index is 0.0838. The van der Waals surface area contributed by atoms with Gasteiger partial charge in [0.05, 0.1) is 19.5 Å². The Labute approximate surface area is 233 Å². The van der Waals surface area contributed by atoms with Crippen LogP contribution in [0.3, 0.4) is 0 Å². The number of carbonyl (C=O) groups excluding carboxylic acids is 1. The van der Waals surface area contributed by atoms with Crippen molar-refractivity contribution in [2.24, 2.45) is 0 Å². The van der Waals surface area contributed by atoms with Gasteiger partial charge in [-0.25, -0.2) is 16.8 Å². The second-order valence-corrected chi connectivity index (χ2v) is 13.9. The van der Waals surface area contributed by atoms with E-state index in [0.29, 0.717) is 24.3 Å². The predicted molar refractivity (Wildman–Crippen MR) is 128 cm³/mol. The standard InChI is InChI=1S/C21H29NO4.C2HF6NO4S2/c1-3-4-10-22(2)17-11-15(12-18(22)20-19(17)26-20)25-21(24)16(13-23)14-8-6-5-7-9-14;3-1(4,5)14(10,11)9-15(12,13)2(6,7)8/h5-9,15-20H,3-4,10-13H2,1-2H3;9H/t15?,16?,17?,18?,19-,20+,22?;. The van der Waals surface area contributed by atoms with Crippen LogP contribution >= 0.6 is 0 Å². The Morgan fingerprint density at radius 1 is 1.02 bits per heavy atom. The number of carbonyl (C=O) groups is 1. The third-order valence-corrected chi connectivity index (χ3v) is 10.6. The van der Waals surface area contributed by atoms with Crippen molar-refractivity contribution in [3.63, 3.8) is 0 Å². The first-order valence-electron chi connectivity index (χ1n) is 12.5. The lowest BCUT2D eigenvalue weighted by Gasteiger charge is -2.48. The fourth-order valence-corrected chi connectivity index (χ4v) is 7.37. The van der Waals surface area contributed by atoms with Crippen LogP contribution in [0, 0.1) is 0 Å². The van der Waals surface area contributed by atoms with Gasteiger partial charge in [-0.1, -0.05) is 47.8 Å². The lowest BCUT2D eigenvalue weighted by molar-refractivity contribution is -0.956. The summed E-state index contributed by atoms with van der Waals surface area (Å²) in [6.45, 7) is 2.93. The van der Waals surface area contributed by atoms with Gasteiger partial charge >= 0.3 is 37.0 Å². The molecule has 234 valence electrons. The Kier molecular flexibility index (Phi) is 9.77. The topological polar surface area (TPSA) is 142 Å². The quantitative estimate of drug-likeness (QED) is 0.187. The first kappa shape index (κ1) is 33.5. The Hall–Kier alpha value is -1.99. The van der Waals surface area contributed by atoms with Crippen LogP contribution in [-0.4, -0.2) is 88.9 Å². The zero-order chi connectivity index (χ0) is 31.0. The second-order valence-electron chi connectivity index (χ2n) is 10.3. The summed E-state index contributed by atoms with van der Waals surface area (Å²) in [4.78, 5) is 12.6. The highest BCUT2D eigenvalue weighted by molar-refractivity contribution is 8.05. The molecule has 7 atom stereocenters. The molecule has 3 saturated heterocycles. The Morgan fingerprint density at radius 3 is 1.93 bits per heavy atom. The largest absolute Gasteiger partial charge is 0.854 e. The van der Waals surface area contributed by atoms with E-state index in [9.17, 15) is 53.1 Å². The number of alkyl halides is 6. The summed E-state index contributed by atoms with van der Waals surface area (Å²) >= 11 is 0. The third-order valence-electron chi connectivity index (χ3n) is 7.60. The lowest BCUT2D eigenvalue weighted by atomic mass is 9.94. The number of benzene rings is 1. The molecular formula is C23H30F6N2O8S2. The lowest BCUT2D eigenvalue weighted by Crippen LogP contribution is -2.62. The maximum Gasteiger partial charge on any atom is 0.512 e. The van der Waals surface area contributed by atoms with E-state index in [1.54, 1.807) is 0 Å². The smallest absolute Gasteiger partial charge is 0.512 e. The van der Waals surface area contributed by atoms with Gasteiger partial charge in [-0.15, -0.1) is 6.61 Å².